The summed E-state index contributed by atoms with van der Waals surface area (Å²) in [4.78, 5) is 12.0. The third-order valence-electron chi connectivity index (χ3n) is 2.66. The Balaban J connectivity index is 2.04. The molecule has 0 amide bonds. The van der Waals surface area contributed by atoms with Gasteiger partial charge in [-0.2, -0.15) is 0 Å². The molecule has 0 saturated heterocycles. The topological polar surface area (TPSA) is 79.9 Å². The van der Waals surface area contributed by atoms with Crippen LogP contribution in [0, 0.1) is 0 Å². The van der Waals surface area contributed by atoms with Crippen molar-refractivity contribution in [2.45, 2.75) is 0 Å². The van der Waals surface area contributed by atoms with Crippen molar-refractivity contribution >= 4 is 27.8 Å². The number of carbonyl (C=O) groups is 1. The van der Waals surface area contributed by atoms with Gasteiger partial charge < -0.3 is 19.4 Å². The second-order valence-electron chi connectivity index (χ2n) is 3.89. The lowest BCUT2D eigenvalue weighted by Gasteiger charge is -2.02. The van der Waals surface area contributed by atoms with Gasteiger partial charge in [-0.05, 0) is 40.2 Å². The van der Waals surface area contributed by atoms with Crippen LogP contribution in [0.2, 0.25) is 0 Å². The van der Waals surface area contributed by atoms with Crippen molar-refractivity contribution in [2.24, 2.45) is 0 Å². The summed E-state index contributed by atoms with van der Waals surface area (Å²) in [5, 5.41) is 19.0. The van der Waals surface area contributed by atoms with Gasteiger partial charge in [-0.25, -0.2) is 0 Å². The summed E-state index contributed by atoms with van der Waals surface area (Å²) in [5.74, 6) is -0.743. The first kappa shape index (κ1) is 11.9. The number of furan rings is 1. The first-order valence-electron chi connectivity index (χ1n) is 5.31. The Labute approximate surface area is 115 Å². The van der Waals surface area contributed by atoms with Crippen molar-refractivity contribution in [1.82, 2.24) is 0 Å². The zero-order chi connectivity index (χ0) is 13.6. The molecule has 2 N–H and O–H groups in total. The number of aromatic hydroxyl groups is 2. The zero-order valence-electron chi connectivity index (χ0n) is 9.38. The highest BCUT2D eigenvalue weighted by Gasteiger charge is 2.31. The molecule has 6 heteroatoms. The highest BCUT2D eigenvalue weighted by atomic mass is 79.9. The Morgan fingerprint density at radius 1 is 1.16 bits per heavy atom. The smallest absolute Gasteiger partial charge is 0.232 e. The van der Waals surface area contributed by atoms with Crippen LogP contribution in [0.1, 0.15) is 16.1 Å². The zero-order valence-corrected chi connectivity index (χ0v) is 11.0. The minimum Gasteiger partial charge on any atom is -0.504 e. The van der Waals surface area contributed by atoms with E-state index in [0.29, 0.717) is 10.4 Å². The largest absolute Gasteiger partial charge is 0.504 e. The van der Waals surface area contributed by atoms with Gasteiger partial charge >= 0.3 is 0 Å². The number of hydrogen-bond acceptors (Lipinski definition) is 5. The van der Waals surface area contributed by atoms with Crippen LogP contribution in [0.4, 0.5) is 0 Å². The van der Waals surface area contributed by atoms with Gasteiger partial charge in [0.05, 0.1) is 5.56 Å². The number of allylic oxidation sites excluding steroid dienone is 1. The van der Waals surface area contributed by atoms with Crippen molar-refractivity contribution in [3.05, 3.63) is 46.0 Å². The molecule has 0 unspecified atom stereocenters. The maximum atomic E-state index is 12.0. The molecule has 96 valence electrons. The Morgan fingerprint density at radius 2 is 1.95 bits per heavy atom. The second kappa shape index (κ2) is 4.17. The van der Waals surface area contributed by atoms with Crippen LogP contribution in [0.25, 0.3) is 6.08 Å². The molecule has 2 heterocycles. The van der Waals surface area contributed by atoms with E-state index in [2.05, 4.69) is 15.9 Å². The molecule has 19 heavy (non-hydrogen) atoms. The predicted molar refractivity (Wildman–Crippen MR) is 69.1 cm³/mol. The van der Waals surface area contributed by atoms with Crippen molar-refractivity contribution in [2.75, 3.05) is 0 Å². The van der Waals surface area contributed by atoms with E-state index in [4.69, 9.17) is 9.15 Å². The van der Waals surface area contributed by atoms with E-state index in [0.717, 1.165) is 0 Å². The summed E-state index contributed by atoms with van der Waals surface area (Å²) in [5.41, 5.74) is 0.201. The third kappa shape index (κ3) is 1.90. The average molecular weight is 323 g/mol. The Hall–Kier alpha value is -2.21. The highest BCUT2D eigenvalue weighted by molar-refractivity contribution is 9.10. The number of hydrogen-bond donors (Lipinski definition) is 2. The standard InChI is InChI=1S/C13H7BrO5/c14-10-4-1-6(18-10)5-9-11(16)7-2-3-8(15)12(17)13(7)19-9/h1-5,15,17H. The molecular weight excluding hydrogens is 316 g/mol. The second-order valence-corrected chi connectivity index (χ2v) is 4.67. The maximum Gasteiger partial charge on any atom is 0.232 e. The van der Waals surface area contributed by atoms with Crippen LogP contribution >= 0.6 is 15.9 Å². The summed E-state index contributed by atoms with van der Waals surface area (Å²) in [6.07, 6.45) is 1.42. The summed E-state index contributed by atoms with van der Waals surface area (Å²) < 4.78 is 11.0. The van der Waals surface area contributed by atoms with E-state index < -0.39 is 5.75 Å². The minimum absolute atomic E-state index is 0.0257. The number of rotatable bonds is 1. The average Bonchev–Trinajstić information content (AvgIpc) is 2.91. The van der Waals surface area contributed by atoms with E-state index in [9.17, 15) is 15.0 Å². The van der Waals surface area contributed by atoms with Crippen LogP contribution in [0.15, 0.2) is 39.1 Å². The number of ether oxygens (including phenoxy) is 1. The summed E-state index contributed by atoms with van der Waals surface area (Å²) in [7, 11) is 0. The van der Waals surface area contributed by atoms with Gasteiger partial charge in [-0.3, -0.25) is 4.79 Å². The Morgan fingerprint density at radius 3 is 2.63 bits per heavy atom. The number of Topliss-reactive ketones (excluding diaryl/α,β-unsaturated/α-hetero) is 1. The lowest BCUT2D eigenvalue weighted by atomic mass is 10.1. The molecular formula is C13H7BrO5. The number of ketones is 1. The van der Waals surface area contributed by atoms with Gasteiger partial charge in [0.15, 0.2) is 21.9 Å². The quantitative estimate of drug-likeness (QED) is 0.623. The molecule has 0 saturated carbocycles. The molecule has 5 nitrogen and oxygen atoms in total. The first-order valence-corrected chi connectivity index (χ1v) is 6.10. The van der Waals surface area contributed by atoms with Gasteiger partial charge in [-0.1, -0.05) is 0 Å². The molecule has 0 spiro atoms. The number of halogens is 1. The third-order valence-corrected chi connectivity index (χ3v) is 3.08. The molecule has 1 aliphatic rings. The fraction of sp³-hybridized carbons (Fsp3) is 0. The molecule has 1 aromatic carbocycles. The molecule has 0 radical (unpaired) electrons. The van der Waals surface area contributed by atoms with Crippen molar-refractivity contribution in [3.8, 4) is 17.2 Å². The fourth-order valence-electron chi connectivity index (χ4n) is 1.76. The van der Waals surface area contributed by atoms with E-state index in [1.54, 1.807) is 12.1 Å². The lowest BCUT2D eigenvalue weighted by Crippen LogP contribution is -1.97. The van der Waals surface area contributed by atoms with E-state index in [1.807, 2.05) is 0 Å². The number of phenolic OH excluding ortho intramolecular Hbond substituents is 2. The van der Waals surface area contributed by atoms with E-state index in [1.165, 1.54) is 18.2 Å². The van der Waals surface area contributed by atoms with Crippen LogP contribution in [0.5, 0.6) is 17.2 Å². The first-order chi connectivity index (χ1) is 9.06. The summed E-state index contributed by atoms with van der Waals surface area (Å²) >= 11 is 3.15. The molecule has 1 aromatic heterocycles. The molecule has 0 atom stereocenters. The molecule has 0 bridgehead atoms. The van der Waals surface area contributed by atoms with Crippen LogP contribution in [-0.2, 0) is 0 Å². The lowest BCUT2D eigenvalue weighted by molar-refractivity contribution is 0.101. The molecule has 0 aliphatic carbocycles. The number of benzene rings is 1. The normalized spacial score (nSPS) is 15.6. The van der Waals surface area contributed by atoms with Gasteiger partial charge in [-0.15, -0.1) is 0 Å². The van der Waals surface area contributed by atoms with Crippen molar-refractivity contribution in [1.29, 1.82) is 0 Å². The number of phenols is 2. The van der Waals surface area contributed by atoms with Crippen LogP contribution in [-0.4, -0.2) is 16.0 Å². The van der Waals surface area contributed by atoms with Gasteiger partial charge in [0.25, 0.3) is 0 Å². The van der Waals surface area contributed by atoms with Gasteiger partial charge in [0.2, 0.25) is 11.5 Å². The Bertz CT molecular complexity index is 714. The van der Waals surface area contributed by atoms with Crippen molar-refractivity contribution in [3.63, 3.8) is 0 Å². The van der Waals surface area contributed by atoms with Gasteiger partial charge in [0.1, 0.15) is 5.76 Å². The van der Waals surface area contributed by atoms with Crippen LogP contribution in [0.3, 0.4) is 0 Å². The fourth-order valence-corrected chi connectivity index (χ4v) is 2.08. The van der Waals surface area contributed by atoms with E-state index >= 15 is 0 Å². The molecule has 3 rings (SSSR count). The molecule has 0 fully saturated rings. The molecule has 2 aromatic rings. The maximum absolute atomic E-state index is 12.0. The van der Waals surface area contributed by atoms with E-state index in [-0.39, 0.29) is 28.6 Å². The van der Waals surface area contributed by atoms with Crippen LogP contribution < -0.4 is 4.74 Å². The van der Waals surface area contributed by atoms with Gasteiger partial charge in [0, 0.05) is 6.08 Å². The molecule has 1 aliphatic heterocycles. The predicted octanol–water partition coefficient (Wildman–Crippen LogP) is 3.07. The number of carbonyl (C=O) groups excluding carboxylic acids is 1. The summed E-state index contributed by atoms with van der Waals surface area (Å²) in [6, 6.07) is 5.98. The highest BCUT2D eigenvalue weighted by Crippen LogP contribution is 2.44. The number of fused-ring (bicyclic) bond motifs is 1. The SMILES string of the molecule is O=C1C(=Cc2ccc(Br)o2)Oc2c1ccc(O)c2O. The summed E-state index contributed by atoms with van der Waals surface area (Å²) in [6.45, 7) is 0. The monoisotopic (exact) mass is 322 g/mol. The van der Waals surface area contributed by atoms with Crippen molar-refractivity contribution < 1.29 is 24.2 Å². The Kier molecular flexibility index (Phi) is 2.60. The minimum atomic E-state index is -0.449.